The summed E-state index contributed by atoms with van der Waals surface area (Å²) >= 11 is 5.53. The maximum Gasteiger partial charge on any atom is 0.433 e. The van der Waals surface area contributed by atoms with Gasteiger partial charge in [-0.1, -0.05) is 11.6 Å². The van der Waals surface area contributed by atoms with E-state index < -0.39 is 27.7 Å². The van der Waals surface area contributed by atoms with E-state index in [0.29, 0.717) is 0 Å². The fraction of sp³-hybridized carbons (Fsp3) is 0.286. The Hall–Kier alpha value is -1.78. The van der Waals surface area contributed by atoms with Gasteiger partial charge >= 0.3 is 6.18 Å². The highest BCUT2D eigenvalue weighted by Gasteiger charge is 2.33. The Morgan fingerprint density at radius 1 is 1.20 bits per heavy atom. The van der Waals surface area contributed by atoms with Crippen molar-refractivity contribution in [2.24, 2.45) is 0 Å². The highest BCUT2D eigenvalue weighted by molar-refractivity contribution is 7.89. The summed E-state index contributed by atoms with van der Waals surface area (Å²) in [7, 11) is -4.00. The SMILES string of the molecule is Cc1cc(C(F)(F)F)nc(CCNS(=O)(=O)c2ccc(F)c(Cl)c2)n1. The number of aromatic nitrogens is 2. The Morgan fingerprint density at radius 3 is 2.48 bits per heavy atom. The molecule has 2 rings (SSSR count). The summed E-state index contributed by atoms with van der Waals surface area (Å²) in [5, 5.41) is -0.361. The first-order chi connectivity index (χ1) is 11.5. The van der Waals surface area contributed by atoms with Gasteiger partial charge in [-0.2, -0.15) is 13.2 Å². The third-order valence-corrected chi connectivity index (χ3v) is 4.78. The molecular formula is C14H12ClF4N3O2S. The van der Waals surface area contributed by atoms with Crippen LogP contribution in [0, 0.1) is 12.7 Å². The summed E-state index contributed by atoms with van der Waals surface area (Å²) in [4.78, 5) is 6.97. The van der Waals surface area contributed by atoms with Gasteiger partial charge in [0.2, 0.25) is 10.0 Å². The molecule has 25 heavy (non-hydrogen) atoms. The molecule has 0 atom stereocenters. The zero-order valence-electron chi connectivity index (χ0n) is 12.7. The van der Waals surface area contributed by atoms with Gasteiger partial charge in [0.15, 0.2) is 0 Å². The van der Waals surface area contributed by atoms with E-state index in [1.54, 1.807) is 0 Å². The zero-order valence-corrected chi connectivity index (χ0v) is 14.3. The van der Waals surface area contributed by atoms with E-state index in [4.69, 9.17) is 11.6 Å². The molecule has 2 aromatic rings. The minimum Gasteiger partial charge on any atom is -0.238 e. The Balaban J connectivity index is 2.09. The average Bonchev–Trinajstić information content (AvgIpc) is 2.48. The number of nitrogens with zero attached hydrogens (tertiary/aromatic N) is 2. The standard InChI is InChI=1S/C14H12ClF4N3O2S/c1-8-6-12(14(17,18)19)22-13(21-8)4-5-20-25(23,24)9-2-3-11(16)10(15)7-9/h2-3,6-7,20H,4-5H2,1H3. The number of sulfonamides is 1. The number of aryl methyl sites for hydroxylation is 1. The number of hydrogen-bond donors (Lipinski definition) is 1. The summed E-state index contributed by atoms with van der Waals surface area (Å²) in [6, 6.07) is 3.66. The van der Waals surface area contributed by atoms with Crippen LogP contribution >= 0.6 is 11.6 Å². The molecule has 0 aliphatic heterocycles. The first kappa shape index (κ1) is 19.5. The maximum atomic E-state index is 13.1. The molecule has 1 aromatic heterocycles. The van der Waals surface area contributed by atoms with Crippen LogP contribution in [0.4, 0.5) is 17.6 Å². The van der Waals surface area contributed by atoms with Crippen LogP contribution in [-0.4, -0.2) is 24.9 Å². The molecule has 0 amide bonds. The van der Waals surface area contributed by atoms with Gasteiger partial charge in [0.25, 0.3) is 0 Å². The van der Waals surface area contributed by atoms with Crippen molar-refractivity contribution in [3.63, 3.8) is 0 Å². The van der Waals surface area contributed by atoms with Crippen LogP contribution in [0.25, 0.3) is 0 Å². The first-order valence-electron chi connectivity index (χ1n) is 6.85. The minimum absolute atomic E-state index is 0.116. The second-order valence-corrected chi connectivity index (χ2v) is 7.21. The van der Waals surface area contributed by atoms with Crippen molar-refractivity contribution in [1.29, 1.82) is 0 Å². The van der Waals surface area contributed by atoms with Crippen LogP contribution in [0.1, 0.15) is 17.2 Å². The fourth-order valence-electron chi connectivity index (χ4n) is 1.91. The van der Waals surface area contributed by atoms with Crippen molar-refractivity contribution in [2.75, 3.05) is 6.54 Å². The largest absolute Gasteiger partial charge is 0.433 e. The fourth-order valence-corrected chi connectivity index (χ4v) is 3.21. The predicted octanol–water partition coefficient (Wildman–Crippen LogP) is 3.12. The molecule has 0 radical (unpaired) electrons. The number of benzene rings is 1. The van der Waals surface area contributed by atoms with Gasteiger partial charge < -0.3 is 0 Å². The summed E-state index contributed by atoms with van der Waals surface area (Å²) < 4.78 is 77.5. The monoisotopic (exact) mass is 397 g/mol. The highest BCUT2D eigenvalue weighted by atomic mass is 35.5. The van der Waals surface area contributed by atoms with E-state index >= 15 is 0 Å². The summed E-state index contributed by atoms with van der Waals surface area (Å²) in [6.07, 6.45) is -4.77. The summed E-state index contributed by atoms with van der Waals surface area (Å²) in [5.74, 6) is -0.916. The van der Waals surface area contributed by atoms with Crippen LogP contribution in [0.2, 0.25) is 5.02 Å². The number of hydrogen-bond acceptors (Lipinski definition) is 4. The molecule has 11 heteroatoms. The second-order valence-electron chi connectivity index (χ2n) is 5.03. The first-order valence-corrected chi connectivity index (χ1v) is 8.71. The Labute approximate surface area is 146 Å². The van der Waals surface area contributed by atoms with E-state index in [-0.39, 0.29) is 34.4 Å². The van der Waals surface area contributed by atoms with Gasteiger partial charge in [0.05, 0.1) is 9.92 Å². The second kappa shape index (κ2) is 7.22. The minimum atomic E-state index is -4.62. The molecule has 1 aromatic carbocycles. The lowest BCUT2D eigenvalue weighted by Gasteiger charge is -2.10. The van der Waals surface area contributed by atoms with Crippen LogP contribution in [0.15, 0.2) is 29.2 Å². The van der Waals surface area contributed by atoms with Crippen molar-refractivity contribution in [2.45, 2.75) is 24.4 Å². The van der Waals surface area contributed by atoms with Crippen molar-refractivity contribution < 1.29 is 26.0 Å². The van der Waals surface area contributed by atoms with Gasteiger partial charge in [0, 0.05) is 18.7 Å². The molecular weight excluding hydrogens is 386 g/mol. The van der Waals surface area contributed by atoms with Gasteiger partial charge in [0.1, 0.15) is 17.3 Å². The van der Waals surface area contributed by atoms with E-state index in [1.165, 1.54) is 6.92 Å². The lowest BCUT2D eigenvalue weighted by Crippen LogP contribution is -2.27. The van der Waals surface area contributed by atoms with E-state index in [1.807, 2.05) is 0 Å². The number of halogens is 5. The third kappa shape index (κ3) is 5.10. The normalized spacial score (nSPS) is 12.4. The molecule has 136 valence electrons. The quantitative estimate of drug-likeness (QED) is 0.787. The average molecular weight is 398 g/mol. The molecule has 0 saturated heterocycles. The molecule has 0 unspecified atom stereocenters. The van der Waals surface area contributed by atoms with Crippen LogP contribution in [0.3, 0.4) is 0 Å². The highest BCUT2D eigenvalue weighted by Crippen LogP contribution is 2.27. The van der Waals surface area contributed by atoms with E-state index in [9.17, 15) is 26.0 Å². The topological polar surface area (TPSA) is 72.0 Å². The molecule has 0 aliphatic rings. The van der Waals surface area contributed by atoms with E-state index in [0.717, 1.165) is 24.3 Å². The van der Waals surface area contributed by atoms with Crippen molar-refractivity contribution in [3.05, 3.63) is 52.3 Å². The Morgan fingerprint density at radius 2 is 1.88 bits per heavy atom. The van der Waals surface area contributed by atoms with Crippen molar-refractivity contribution in [1.82, 2.24) is 14.7 Å². The van der Waals surface area contributed by atoms with Gasteiger partial charge in [-0.15, -0.1) is 0 Å². The number of rotatable bonds is 5. The molecule has 1 N–H and O–H groups in total. The summed E-state index contributed by atoms with van der Waals surface area (Å²) in [5.41, 5.74) is -0.978. The third-order valence-electron chi connectivity index (χ3n) is 3.03. The molecule has 5 nitrogen and oxygen atoms in total. The van der Waals surface area contributed by atoms with Crippen LogP contribution in [0.5, 0.6) is 0 Å². The predicted molar refractivity (Wildman–Crippen MR) is 82.1 cm³/mol. The van der Waals surface area contributed by atoms with Crippen LogP contribution in [-0.2, 0) is 22.6 Å². The molecule has 0 fully saturated rings. The number of alkyl halides is 3. The summed E-state index contributed by atoms with van der Waals surface area (Å²) in [6.45, 7) is 1.14. The number of nitrogens with one attached hydrogen (secondary N) is 1. The maximum absolute atomic E-state index is 13.1. The van der Waals surface area contributed by atoms with E-state index in [2.05, 4.69) is 14.7 Å². The lowest BCUT2D eigenvalue weighted by molar-refractivity contribution is -0.141. The van der Waals surface area contributed by atoms with Crippen LogP contribution < -0.4 is 4.72 Å². The lowest BCUT2D eigenvalue weighted by atomic mass is 10.3. The molecule has 1 heterocycles. The molecule has 0 saturated carbocycles. The van der Waals surface area contributed by atoms with Gasteiger partial charge in [-0.3, -0.25) is 0 Å². The Kier molecular flexibility index (Phi) is 5.65. The van der Waals surface area contributed by atoms with Crippen molar-refractivity contribution in [3.8, 4) is 0 Å². The zero-order chi connectivity index (χ0) is 18.8. The molecule has 0 bridgehead atoms. The van der Waals surface area contributed by atoms with Crippen molar-refractivity contribution >= 4 is 21.6 Å². The molecule has 0 aliphatic carbocycles. The smallest absolute Gasteiger partial charge is 0.238 e. The molecule has 0 spiro atoms. The van der Waals surface area contributed by atoms with Gasteiger partial charge in [-0.25, -0.2) is 27.5 Å². The van der Waals surface area contributed by atoms with Gasteiger partial charge in [-0.05, 0) is 31.2 Å². The Bertz CT molecular complexity index is 888.